The van der Waals surface area contributed by atoms with Crippen LogP contribution in [0.25, 0.3) is 0 Å². The van der Waals surface area contributed by atoms with Crippen molar-refractivity contribution in [1.82, 2.24) is 0 Å². The highest BCUT2D eigenvalue weighted by atomic mass is 28.3. The first-order chi connectivity index (χ1) is 14.3. The second kappa shape index (κ2) is 7.56. The molecule has 30 heavy (non-hydrogen) atoms. The molecule has 0 heterocycles. The summed E-state index contributed by atoms with van der Waals surface area (Å²) >= 11 is 0. The summed E-state index contributed by atoms with van der Waals surface area (Å²) in [6, 6.07) is 30.0. The molecule has 0 amide bonds. The highest BCUT2D eigenvalue weighted by Crippen LogP contribution is 2.52. The van der Waals surface area contributed by atoms with Crippen molar-refractivity contribution < 1.29 is 0 Å². The lowest BCUT2D eigenvalue weighted by Crippen LogP contribution is -2.73. The first-order valence-electron chi connectivity index (χ1n) is 10.9. The van der Waals surface area contributed by atoms with Gasteiger partial charge in [0.05, 0.1) is 0 Å². The van der Waals surface area contributed by atoms with E-state index >= 15 is 0 Å². The van der Waals surface area contributed by atoms with Crippen LogP contribution in [0.4, 0.5) is 0 Å². The fourth-order valence-electron chi connectivity index (χ4n) is 5.42. The van der Waals surface area contributed by atoms with Gasteiger partial charge in [-0.15, -0.1) is 0 Å². The van der Waals surface area contributed by atoms with Gasteiger partial charge in [0.15, 0.2) is 8.07 Å². The Morgan fingerprint density at radius 3 is 1.40 bits per heavy atom. The van der Waals surface area contributed by atoms with Crippen LogP contribution in [-0.4, -0.2) is 8.07 Å². The summed E-state index contributed by atoms with van der Waals surface area (Å²) in [4.78, 5) is 0. The smallest absolute Gasteiger partial charge is 0.0730 e. The Balaban J connectivity index is 2.18. The number of hydrogen-bond acceptors (Lipinski definition) is 0. The molecule has 0 fully saturated rings. The van der Waals surface area contributed by atoms with Gasteiger partial charge in [0.1, 0.15) is 0 Å². The number of benzene rings is 3. The van der Waals surface area contributed by atoms with Crippen molar-refractivity contribution in [2.24, 2.45) is 0 Å². The Hall–Kier alpha value is -2.64. The summed E-state index contributed by atoms with van der Waals surface area (Å²) in [6.45, 7) is 13.8. The summed E-state index contributed by atoms with van der Waals surface area (Å²) in [5.41, 5.74) is 7.00. The number of hydrogen-bond donors (Lipinski definition) is 0. The molecule has 4 rings (SSSR count). The maximum absolute atomic E-state index is 2.57. The second-order valence-corrected chi connectivity index (χ2v) is 13.4. The molecule has 3 aromatic rings. The molecule has 1 aliphatic carbocycles. The number of rotatable bonds is 4. The van der Waals surface area contributed by atoms with Crippen molar-refractivity contribution in [2.45, 2.75) is 46.6 Å². The molecule has 1 unspecified atom stereocenters. The molecular weight excluding hydrogens is 376 g/mol. The van der Waals surface area contributed by atoms with E-state index in [-0.39, 0.29) is 5.04 Å². The summed E-state index contributed by atoms with van der Waals surface area (Å²) < 4.78 is 0. The molecule has 0 saturated heterocycles. The van der Waals surface area contributed by atoms with Crippen LogP contribution in [0.2, 0.25) is 5.04 Å². The fourth-order valence-corrected chi connectivity index (χ4v) is 11.4. The predicted octanol–water partition coefficient (Wildman–Crippen LogP) is 5.83. The lowest BCUT2D eigenvalue weighted by atomic mass is 10.0. The Labute approximate surface area is 183 Å². The van der Waals surface area contributed by atoms with Gasteiger partial charge in [0, 0.05) is 5.04 Å². The van der Waals surface area contributed by atoms with Crippen LogP contribution in [0.15, 0.2) is 102 Å². The van der Waals surface area contributed by atoms with E-state index in [9.17, 15) is 0 Å². The van der Waals surface area contributed by atoms with Gasteiger partial charge in [-0.1, -0.05) is 114 Å². The molecule has 3 aromatic carbocycles. The quantitative estimate of drug-likeness (QED) is 0.376. The van der Waals surface area contributed by atoms with Gasteiger partial charge in [-0.25, -0.2) is 0 Å². The molecule has 152 valence electrons. The number of allylic oxidation sites excluding steroid dienone is 4. The highest BCUT2D eigenvalue weighted by Gasteiger charge is 2.55. The van der Waals surface area contributed by atoms with Crippen molar-refractivity contribution in [3.8, 4) is 0 Å². The summed E-state index contributed by atoms with van der Waals surface area (Å²) in [6.07, 6.45) is 2.57. The molecule has 0 saturated carbocycles. The predicted molar refractivity (Wildman–Crippen MR) is 134 cm³/mol. The Bertz CT molecular complexity index is 1070. The molecule has 1 aliphatic rings. The zero-order valence-corrected chi connectivity index (χ0v) is 20.1. The third-order valence-corrected chi connectivity index (χ3v) is 13.1. The van der Waals surface area contributed by atoms with Crippen LogP contribution in [0.5, 0.6) is 0 Å². The van der Waals surface area contributed by atoms with E-state index in [0.29, 0.717) is 0 Å². The van der Waals surface area contributed by atoms with Gasteiger partial charge < -0.3 is 0 Å². The van der Waals surface area contributed by atoms with Gasteiger partial charge >= 0.3 is 0 Å². The van der Waals surface area contributed by atoms with E-state index in [1.807, 2.05) is 0 Å². The molecule has 0 N–H and O–H groups in total. The van der Waals surface area contributed by atoms with Crippen molar-refractivity contribution in [1.29, 1.82) is 0 Å². The summed E-state index contributed by atoms with van der Waals surface area (Å²) in [5, 5.41) is 4.39. The number of aryl methyl sites for hydroxylation is 2. The first kappa shape index (κ1) is 20.6. The van der Waals surface area contributed by atoms with Gasteiger partial charge in [-0.2, -0.15) is 0 Å². The standard InChI is InChI=1S/C29H32Si/c1-21-12-16-27(17-13-21)30(26-10-8-7-9-11-26,28-18-14-22(2)15-19-28)29(6)20-23(3)24(4)25(29)5/h7-20H,1-6H3. The molecule has 0 nitrogen and oxygen atoms in total. The Morgan fingerprint density at radius 2 is 1.00 bits per heavy atom. The Morgan fingerprint density at radius 1 is 0.567 bits per heavy atom. The zero-order chi connectivity index (χ0) is 21.5. The normalized spacial score (nSPS) is 19.2. The topological polar surface area (TPSA) is 0 Å². The lowest BCUT2D eigenvalue weighted by Gasteiger charge is -2.47. The van der Waals surface area contributed by atoms with Crippen LogP contribution in [0.1, 0.15) is 38.8 Å². The minimum atomic E-state index is -2.44. The molecule has 0 aliphatic heterocycles. The van der Waals surface area contributed by atoms with E-state index < -0.39 is 8.07 Å². The third kappa shape index (κ3) is 2.95. The fraction of sp³-hybridized carbons (Fsp3) is 0.241. The van der Waals surface area contributed by atoms with E-state index in [1.165, 1.54) is 43.4 Å². The molecule has 1 atom stereocenters. The van der Waals surface area contributed by atoms with E-state index in [2.05, 4.69) is 126 Å². The van der Waals surface area contributed by atoms with Crippen LogP contribution < -0.4 is 15.6 Å². The summed E-state index contributed by atoms with van der Waals surface area (Å²) in [7, 11) is -2.44. The largest absolute Gasteiger partial charge is 0.161 e. The third-order valence-electron chi connectivity index (χ3n) is 7.39. The molecule has 0 bridgehead atoms. The van der Waals surface area contributed by atoms with Crippen molar-refractivity contribution in [3.05, 3.63) is 113 Å². The van der Waals surface area contributed by atoms with Gasteiger partial charge in [-0.05, 0) is 55.8 Å². The van der Waals surface area contributed by atoms with E-state index in [0.717, 1.165) is 0 Å². The molecule has 0 spiro atoms. The van der Waals surface area contributed by atoms with Gasteiger partial charge in [0.25, 0.3) is 0 Å². The van der Waals surface area contributed by atoms with Crippen molar-refractivity contribution >= 4 is 23.6 Å². The average molecular weight is 409 g/mol. The summed E-state index contributed by atoms with van der Waals surface area (Å²) in [5.74, 6) is 0. The maximum atomic E-state index is 2.57. The van der Waals surface area contributed by atoms with Gasteiger partial charge in [-0.3, -0.25) is 0 Å². The SMILES string of the molecule is CC1=CC(C)([Si](c2ccccc2)(c2ccc(C)cc2)c2ccc(C)cc2)C(C)=C1C. The van der Waals surface area contributed by atoms with Crippen molar-refractivity contribution in [2.75, 3.05) is 0 Å². The maximum Gasteiger partial charge on any atom is 0.161 e. The van der Waals surface area contributed by atoms with Gasteiger partial charge in [0.2, 0.25) is 0 Å². The zero-order valence-electron chi connectivity index (χ0n) is 19.1. The monoisotopic (exact) mass is 408 g/mol. The lowest BCUT2D eigenvalue weighted by molar-refractivity contribution is 0.870. The van der Waals surface area contributed by atoms with Crippen LogP contribution in [-0.2, 0) is 0 Å². The second-order valence-electron chi connectivity index (χ2n) is 9.13. The molecule has 1 heteroatoms. The van der Waals surface area contributed by atoms with E-state index in [1.54, 1.807) is 0 Å². The first-order valence-corrected chi connectivity index (χ1v) is 12.9. The minimum Gasteiger partial charge on any atom is -0.0730 e. The molecule has 0 radical (unpaired) electrons. The van der Waals surface area contributed by atoms with Crippen molar-refractivity contribution in [3.63, 3.8) is 0 Å². The highest BCUT2D eigenvalue weighted by molar-refractivity contribution is 7.14. The van der Waals surface area contributed by atoms with E-state index in [4.69, 9.17) is 0 Å². The molecule has 0 aromatic heterocycles. The Kier molecular flexibility index (Phi) is 5.19. The minimum absolute atomic E-state index is 0.0347. The average Bonchev–Trinajstić information content (AvgIpc) is 2.95. The van der Waals surface area contributed by atoms with Crippen LogP contribution in [0.3, 0.4) is 0 Å². The van der Waals surface area contributed by atoms with Crippen LogP contribution >= 0.6 is 0 Å². The molecular formula is C29H32Si. The van der Waals surface area contributed by atoms with Crippen LogP contribution in [0, 0.1) is 13.8 Å².